The van der Waals surface area contributed by atoms with Gasteiger partial charge in [-0.3, -0.25) is 4.66 Å². The molecule has 3 nitrogen and oxygen atoms in total. The van der Waals surface area contributed by atoms with E-state index in [0.717, 1.165) is 0 Å². The summed E-state index contributed by atoms with van der Waals surface area (Å²) in [6.07, 6.45) is 0. The summed E-state index contributed by atoms with van der Waals surface area (Å²) in [5, 5.41) is 0. The predicted octanol–water partition coefficient (Wildman–Crippen LogP) is -2.43. The monoisotopic (exact) mass is 130 g/mol. The summed E-state index contributed by atoms with van der Waals surface area (Å²) in [5.74, 6) is 0. The van der Waals surface area contributed by atoms with Gasteiger partial charge in [0, 0.05) is 0 Å². The van der Waals surface area contributed by atoms with E-state index >= 15 is 0 Å². The first-order valence-electron chi connectivity index (χ1n) is 0.169. The molecule has 0 aliphatic carbocycles. The zero-order valence-corrected chi connectivity index (χ0v) is 2.58. The van der Waals surface area contributed by atoms with Crippen molar-refractivity contribution in [1.82, 2.24) is 0 Å². The quantitative estimate of drug-likeness (QED) is 0.364. The molecule has 34 valence electrons. The molecule has 5 N–H and O–H groups in total. The SMILES string of the molecule is O.O.OCl.[CaH2]. The number of hydrogen-bond acceptors (Lipinski definition) is 1. The van der Waals surface area contributed by atoms with Crippen LogP contribution in [0, 0.1) is 0 Å². The summed E-state index contributed by atoms with van der Waals surface area (Å²) in [6, 6.07) is 0. The Labute approximate surface area is 64.7 Å². The normalized spacial score (nSPS) is 1.20. The van der Waals surface area contributed by atoms with Crippen molar-refractivity contribution in [2.24, 2.45) is 0 Å². The molecule has 0 aliphatic rings. The Morgan fingerprint density at radius 3 is 1.00 bits per heavy atom. The van der Waals surface area contributed by atoms with Gasteiger partial charge in [-0.15, -0.1) is 0 Å². The molecular weight excluding hydrogens is 124 g/mol. The molecule has 0 amide bonds. The van der Waals surface area contributed by atoms with Gasteiger partial charge in [-0.05, 0) is 0 Å². The average Bonchev–Trinajstić information content (AvgIpc) is 1.00. The average molecular weight is 131 g/mol. The predicted molar refractivity (Wildman–Crippen MR) is 23.8 cm³/mol. The molecule has 5 heavy (non-hydrogen) atoms. The molecule has 0 bridgehead atoms. The zero-order chi connectivity index (χ0) is 2.00. The van der Waals surface area contributed by atoms with E-state index in [9.17, 15) is 0 Å². The molecule has 0 aromatic rings. The van der Waals surface area contributed by atoms with Crippen LogP contribution in [0.5, 0.6) is 0 Å². The Balaban J connectivity index is -0.00000000167. The Bertz CT molecular complexity index is 6.85. The minimum atomic E-state index is 0. The second-order valence-electron chi connectivity index (χ2n) is 0. The Morgan fingerprint density at radius 2 is 1.00 bits per heavy atom. The van der Waals surface area contributed by atoms with Gasteiger partial charge in [-0.1, -0.05) is 0 Å². The summed E-state index contributed by atoms with van der Waals surface area (Å²) in [7, 11) is 0. The fourth-order valence-electron chi connectivity index (χ4n) is 0. The number of rotatable bonds is 0. The molecule has 0 atom stereocenters. The molecular formula is H7CaClO3. The van der Waals surface area contributed by atoms with Gasteiger partial charge in [0.25, 0.3) is 0 Å². The number of hydrogen-bond donors (Lipinski definition) is 1. The van der Waals surface area contributed by atoms with Crippen LogP contribution >= 0.6 is 11.9 Å². The zero-order valence-electron chi connectivity index (χ0n) is 1.83. The van der Waals surface area contributed by atoms with Gasteiger partial charge in [0.05, 0.1) is 11.9 Å². The van der Waals surface area contributed by atoms with Gasteiger partial charge in [-0.25, -0.2) is 0 Å². The first-order chi connectivity index (χ1) is 1.00. The summed E-state index contributed by atoms with van der Waals surface area (Å²) in [6.45, 7) is 0. The molecule has 0 aliphatic heterocycles. The van der Waals surface area contributed by atoms with Crippen molar-refractivity contribution >= 4 is 49.6 Å². The van der Waals surface area contributed by atoms with Crippen LogP contribution in [-0.4, -0.2) is 53.3 Å². The topological polar surface area (TPSA) is 83.2 Å². The molecule has 0 unspecified atom stereocenters. The Kier molecular flexibility index (Phi) is 335. The third-order valence-corrected chi connectivity index (χ3v) is 0. The summed E-state index contributed by atoms with van der Waals surface area (Å²) >= 11 is 3.64. The van der Waals surface area contributed by atoms with Crippen LogP contribution in [0.15, 0.2) is 0 Å². The van der Waals surface area contributed by atoms with Crippen LogP contribution < -0.4 is 0 Å². The van der Waals surface area contributed by atoms with Crippen LogP contribution in [0.2, 0.25) is 0 Å². The van der Waals surface area contributed by atoms with Crippen LogP contribution in [0.3, 0.4) is 0 Å². The molecule has 0 rings (SSSR count). The van der Waals surface area contributed by atoms with Crippen molar-refractivity contribution in [3.8, 4) is 0 Å². The van der Waals surface area contributed by atoms with Gasteiger partial charge in [0.1, 0.15) is 0 Å². The van der Waals surface area contributed by atoms with E-state index in [1.807, 2.05) is 0 Å². The van der Waals surface area contributed by atoms with E-state index in [2.05, 4.69) is 11.9 Å². The summed E-state index contributed by atoms with van der Waals surface area (Å²) in [5.41, 5.74) is 0. The molecule has 0 heterocycles. The van der Waals surface area contributed by atoms with Crippen LogP contribution in [0.1, 0.15) is 0 Å². The first kappa shape index (κ1) is 32.1. The fourth-order valence-corrected chi connectivity index (χ4v) is 0. The maximum atomic E-state index is 6.47. The number of halogens is 1. The molecule has 0 saturated heterocycles. The molecule has 0 saturated carbocycles. The fraction of sp³-hybridized carbons (Fsp3) is 0. The van der Waals surface area contributed by atoms with E-state index in [1.54, 1.807) is 0 Å². The molecule has 0 radical (unpaired) electrons. The van der Waals surface area contributed by atoms with Crippen molar-refractivity contribution in [1.29, 1.82) is 0 Å². The van der Waals surface area contributed by atoms with Gasteiger partial charge < -0.3 is 11.0 Å². The van der Waals surface area contributed by atoms with E-state index in [1.165, 1.54) is 0 Å². The second kappa shape index (κ2) is 52.1. The van der Waals surface area contributed by atoms with Crippen molar-refractivity contribution < 1.29 is 15.6 Å². The summed E-state index contributed by atoms with van der Waals surface area (Å²) in [4.78, 5) is 0. The van der Waals surface area contributed by atoms with Gasteiger partial charge in [0.15, 0.2) is 0 Å². The summed E-state index contributed by atoms with van der Waals surface area (Å²) < 4.78 is 6.47. The molecule has 0 fully saturated rings. The van der Waals surface area contributed by atoms with Crippen molar-refractivity contribution in [2.45, 2.75) is 0 Å². The third-order valence-electron chi connectivity index (χ3n) is 0. The molecule has 5 heteroatoms. The van der Waals surface area contributed by atoms with Gasteiger partial charge in [-0.2, -0.15) is 0 Å². The third kappa shape index (κ3) is 31.2. The Hall–Kier alpha value is 1.43. The van der Waals surface area contributed by atoms with Gasteiger partial charge >= 0.3 is 37.7 Å². The molecule has 0 aromatic carbocycles. The van der Waals surface area contributed by atoms with E-state index in [-0.39, 0.29) is 48.7 Å². The van der Waals surface area contributed by atoms with Crippen LogP contribution in [0.25, 0.3) is 0 Å². The second-order valence-corrected chi connectivity index (χ2v) is 0. The van der Waals surface area contributed by atoms with E-state index < -0.39 is 0 Å². The van der Waals surface area contributed by atoms with Crippen LogP contribution in [-0.2, 0) is 0 Å². The van der Waals surface area contributed by atoms with Crippen LogP contribution in [0.4, 0.5) is 0 Å². The maximum absolute atomic E-state index is 6.47. The van der Waals surface area contributed by atoms with E-state index in [0.29, 0.717) is 0 Å². The van der Waals surface area contributed by atoms with Crippen molar-refractivity contribution in [3.63, 3.8) is 0 Å². The minimum absolute atomic E-state index is 0. The van der Waals surface area contributed by atoms with E-state index in [4.69, 9.17) is 4.66 Å². The standard InChI is InChI=1S/Ca.ClHO.2H2O.2H/c;1-2;;;;/h;2H;2*1H2;;. The van der Waals surface area contributed by atoms with Crippen molar-refractivity contribution in [3.05, 3.63) is 0 Å². The molecule has 0 spiro atoms. The first-order valence-corrected chi connectivity index (χ1v) is 0.507. The van der Waals surface area contributed by atoms with Crippen molar-refractivity contribution in [2.75, 3.05) is 0 Å². The molecule has 0 aromatic heterocycles. The van der Waals surface area contributed by atoms with Gasteiger partial charge in [0.2, 0.25) is 0 Å². The Morgan fingerprint density at radius 1 is 1.00 bits per heavy atom.